The fraction of sp³-hybridized carbons (Fsp3) is 0.118. The molecule has 0 aliphatic carbocycles. The van der Waals surface area contributed by atoms with Crippen LogP contribution < -0.4 is 5.32 Å². The smallest absolute Gasteiger partial charge is 0.256 e. The minimum atomic E-state index is -0.309. The third kappa shape index (κ3) is 2.67. The highest BCUT2D eigenvalue weighted by Gasteiger charge is 2.25. The Bertz CT molecular complexity index is 893. The second-order valence-corrected chi connectivity index (χ2v) is 6.33. The van der Waals surface area contributed by atoms with Gasteiger partial charge < -0.3 is 5.32 Å². The van der Waals surface area contributed by atoms with E-state index in [1.54, 1.807) is 53.1 Å². The highest BCUT2D eigenvalue weighted by Crippen LogP contribution is 2.36. The van der Waals surface area contributed by atoms with Gasteiger partial charge >= 0.3 is 0 Å². The van der Waals surface area contributed by atoms with Gasteiger partial charge in [-0.15, -0.1) is 0 Å². The van der Waals surface area contributed by atoms with E-state index in [1.807, 2.05) is 0 Å². The number of amides is 1. The number of nitrogens with zero attached hydrogens (tertiary/aromatic N) is 3. The number of hydrogen-bond donors (Lipinski definition) is 1. The molecule has 3 aromatic rings. The number of pyridine rings is 1. The zero-order valence-corrected chi connectivity index (χ0v) is 13.4. The number of aromatic nitrogens is 3. The lowest BCUT2D eigenvalue weighted by molar-refractivity contribution is 0.102. The number of thioether (sulfide) groups is 1. The minimum Gasteiger partial charge on any atom is -0.306 e. The summed E-state index contributed by atoms with van der Waals surface area (Å²) < 4.78 is 14.9. The summed E-state index contributed by atoms with van der Waals surface area (Å²) in [6.07, 6.45) is 3.15. The molecule has 7 heteroatoms. The van der Waals surface area contributed by atoms with Gasteiger partial charge in [0.1, 0.15) is 11.6 Å². The molecule has 1 aromatic carbocycles. The van der Waals surface area contributed by atoms with Crippen molar-refractivity contribution in [3.63, 3.8) is 0 Å². The first kappa shape index (κ1) is 14.9. The van der Waals surface area contributed by atoms with Crippen molar-refractivity contribution >= 4 is 23.5 Å². The molecular weight excluding hydrogens is 327 g/mol. The molecule has 0 spiro atoms. The number of hydrogen-bond acceptors (Lipinski definition) is 4. The van der Waals surface area contributed by atoms with Crippen LogP contribution in [0.2, 0.25) is 0 Å². The summed E-state index contributed by atoms with van der Waals surface area (Å²) in [5.74, 6) is 1.71. The van der Waals surface area contributed by atoms with Crippen molar-refractivity contribution < 1.29 is 9.18 Å². The van der Waals surface area contributed by atoms with Crippen LogP contribution in [0.5, 0.6) is 0 Å². The van der Waals surface area contributed by atoms with Gasteiger partial charge in [0.2, 0.25) is 0 Å². The highest BCUT2D eigenvalue weighted by molar-refractivity contribution is 7.98. The van der Waals surface area contributed by atoms with Gasteiger partial charge in [-0.1, -0.05) is 0 Å². The predicted octanol–water partition coefficient (Wildman–Crippen LogP) is 3.41. The molecule has 0 saturated heterocycles. The Morgan fingerprint density at radius 1 is 1.12 bits per heavy atom. The molecule has 0 atom stereocenters. The molecule has 4 rings (SSSR count). The zero-order valence-electron chi connectivity index (χ0n) is 12.6. The monoisotopic (exact) mass is 340 g/mol. The van der Waals surface area contributed by atoms with Crippen molar-refractivity contribution in [3.8, 4) is 5.69 Å². The summed E-state index contributed by atoms with van der Waals surface area (Å²) in [5.41, 5.74) is 3.21. The largest absolute Gasteiger partial charge is 0.306 e. The summed E-state index contributed by atoms with van der Waals surface area (Å²) in [6, 6.07) is 9.36. The molecular formula is C17H13FN4OS. The van der Waals surface area contributed by atoms with E-state index in [0.717, 1.165) is 22.8 Å². The lowest BCUT2D eigenvalue weighted by Crippen LogP contribution is -2.16. The maximum absolute atomic E-state index is 13.2. The van der Waals surface area contributed by atoms with Gasteiger partial charge in [-0.05, 0) is 36.4 Å². The van der Waals surface area contributed by atoms with Crippen molar-refractivity contribution in [1.29, 1.82) is 0 Å². The van der Waals surface area contributed by atoms with Crippen LogP contribution in [0.4, 0.5) is 10.2 Å². The van der Waals surface area contributed by atoms with Crippen LogP contribution in [0.15, 0.2) is 48.8 Å². The van der Waals surface area contributed by atoms with E-state index in [4.69, 9.17) is 0 Å². The highest BCUT2D eigenvalue weighted by atomic mass is 32.2. The Morgan fingerprint density at radius 3 is 2.62 bits per heavy atom. The predicted molar refractivity (Wildman–Crippen MR) is 90.7 cm³/mol. The number of fused-ring (bicyclic) bond motifs is 1. The third-order valence-electron chi connectivity index (χ3n) is 3.80. The molecule has 0 radical (unpaired) electrons. The average Bonchev–Trinajstić information content (AvgIpc) is 3.19. The molecule has 1 N–H and O–H groups in total. The number of halogens is 1. The first-order chi connectivity index (χ1) is 11.7. The number of benzene rings is 1. The van der Waals surface area contributed by atoms with Gasteiger partial charge in [-0.3, -0.25) is 9.78 Å². The van der Waals surface area contributed by atoms with Crippen molar-refractivity contribution in [2.24, 2.45) is 0 Å². The molecule has 3 heterocycles. The molecule has 5 nitrogen and oxygen atoms in total. The lowest BCUT2D eigenvalue weighted by Gasteiger charge is -2.11. The van der Waals surface area contributed by atoms with Gasteiger partial charge in [0.05, 0.1) is 11.4 Å². The van der Waals surface area contributed by atoms with Crippen LogP contribution in [-0.2, 0) is 11.5 Å². The lowest BCUT2D eigenvalue weighted by atomic mass is 10.2. The minimum absolute atomic E-state index is 0.222. The van der Waals surface area contributed by atoms with E-state index in [1.165, 1.54) is 12.1 Å². The van der Waals surface area contributed by atoms with Crippen LogP contribution in [0.25, 0.3) is 5.69 Å². The van der Waals surface area contributed by atoms with E-state index in [2.05, 4.69) is 15.4 Å². The topological polar surface area (TPSA) is 59.8 Å². The SMILES string of the molecule is O=C(Nc1c2c(nn1-c1ccc(F)cc1)CSC2)c1ccncc1. The fourth-order valence-electron chi connectivity index (χ4n) is 2.59. The maximum Gasteiger partial charge on any atom is 0.256 e. The van der Waals surface area contributed by atoms with Crippen molar-refractivity contribution in [1.82, 2.24) is 14.8 Å². The Kier molecular flexibility index (Phi) is 3.78. The number of carbonyl (C=O) groups excluding carboxylic acids is 1. The van der Waals surface area contributed by atoms with Gasteiger partial charge in [0.15, 0.2) is 0 Å². The summed E-state index contributed by atoms with van der Waals surface area (Å²) in [5, 5.41) is 7.53. The Morgan fingerprint density at radius 2 is 1.88 bits per heavy atom. The van der Waals surface area contributed by atoms with Crippen LogP contribution in [0.1, 0.15) is 21.6 Å². The van der Waals surface area contributed by atoms with Gasteiger partial charge in [-0.25, -0.2) is 9.07 Å². The second-order valence-electron chi connectivity index (χ2n) is 5.34. The first-order valence-electron chi connectivity index (χ1n) is 7.38. The Labute approximate surface area is 141 Å². The van der Waals surface area contributed by atoms with E-state index >= 15 is 0 Å². The number of anilines is 1. The molecule has 0 bridgehead atoms. The van der Waals surface area contributed by atoms with Crippen LogP contribution in [0, 0.1) is 5.82 Å². The standard InChI is InChI=1S/C17H13FN4OS/c18-12-1-3-13(4-2-12)22-16(14-9-24-10-15(14)21-22)20-17(23)11-5-7-19-8-6-11/h1-8H,9-10H2,(H,20,23). The zero-order chi connectivity index (χ0) is 16.5. The molecule has 1 amide bonds. The molecule has 1 aliphatic rings. The fourth-order valence-corrected chi connectivity index (χ4v) is 3.63. The summed E-state index contributed by atoms with van der Waals surface area (Å²) in [6.45, 7) is 0. The van der Waals surface area contributed by atoms with E-state index < -0.39 is 0 Å². The second kappa shape index (κ2) is 6.09. The molecule has 0 unspecified atom stereocenters. The molecule has 0 saturated carbocycles. The third-order valence-corrected chi connectivity index (χ3v) is 4.77. The van der Waals surface area contributed by atoms with Crippen molar-refractivity contribution in [3.05, 3.63) is 71.4 Å². The summed E-state index contributed by atoms with van der Waals surface area (Å²) in [4.78, 5) is 16.4. The molecule has 2 aromatic heterocycles. The number of nitrogens with one attached hydrogen (secondary N) is 1. The molecule has 0 fully saturated rings. The van der Waals surface area contributed by atoms with Crippen LogP contribution >= 0.6 is 11.8 Å². The van der Waals surface area contributed by atoms with Crippen molar-refractivity contribution in [2.75, 3.05) is 5.32 Å². The van der Waals surface area contributed by atoms with Crippen LogP contribution in [0.3, 0.4) is 0 Å². The molecule has 120 valence electrons. The molecule has 1 aliphatic heterocycles. The van der Waals surface area contributed by atoms with Gasteiger partial charge in [0.25, 0.3) is 5.91 Å². The van der Waals surface area contributed by atoms with Crippen LogP contribution in [-0.4, -0.2) is 20.7 Å². The van der Waals surface area contributed by atoms with Gasteiger partial charge in [0, 0.05) is 35.0 Å². The van der Waals surface area contributed by atoms with Gasteiger partial charge in [-0.2, -0.15) is 16.9 Å². The normalized spacial score (nSPS) is 12.9. The summed E-state index contributed by atoms with van der Waals surface area (Å²) >= 11 is 1.76. The molecule has 24 heavy (non-hydrogen) atoms. The Balaban J connectivity index is 1.74. The maximum atomic E-state index is 13.2. The number of rotatable bonds is 3. The first-order valence-corrected chi connectivity index (χ1v) is 8.53. The van der Waals surface area contributed by atoms with E-state index in [-0.39, 0.29) is 11.7 Å². The summed E-state index contributed by atoms with van der Waals surface area (Å²) in [7, 11) is 0. The number of carbonyl (C=O) groups is 1. The van der Waals surface area contributed by atoms with E-state index in [9.17, 15) is 9.18 Å². The van der Waals surface area contributed by atoms with Crippen molar-refractivity contribution in [2.45, 2.75) is 11.5 Å². The quantitative estimate of drug-likeness (QED) is 0.794. The average molecular weight is 340 g/mol. The Hall–Kier alpha value is -2.67. The van der Waals surface area contributed by atoms with E-state index in [0.29, 0.717) is 17.1 Å².